The summed E-state index contributed by atoms with van der Waals surface area (Å²) in [6.07, 6.45) is 2.28. The molecule has 2 heterocycles. The van der Waals surface area contributed by atoms with Crippen LogP contribution in [0.3, 0.4) is 0 Å². The molecule has 140 valence electrons. The van der Waals surface area contributed by atoms with E-state index in [1.165, 1.54) is 0 Å². The van der Waals surface area contributed by atoms with Gasteiger partial charge in [-0.25, -0.2) is 9.78 Å². The molecule has 0 saturated carbocycles. The summed E-state index contributed by atoms with van der Waals surface area (Å²) in [5, 5.41) is 5.79. The van der Waals surface area contributed by atoms with Gasteiger partial charge in [0.25, 0.3) is 0 Å². The number of nitrogens with one attached hydrogen (secondary N) is 3. The Balaban J connectivity index is 1.51. The third-order valence-corrected chi connectivity index (χ3v) is 4.59. The van der Waals surface area contributed by atoms with Gasteiger partial charge in [0.15, 0.2) is 0 Å². The van der Waals surface area contributed by atoms with E-state index in [1.807, 2.05) is 29.2 Å². The quantitative estimate of drug-likeness (QED) is 0.768. The summed E-state index contributed by atoms with van der Waals surface area (Å²) in [7, 11) is 0. The molecule has 1 fully saturated rings. The number of anilines is 1. The number of rotatable bonds is 5. The zero-order valence-electron chi connectivity index (χ0n) is 15.4. The fourth-order valence-corrected chi connectivity index (χ4v) is 3.28. The molecule has 26 heavy (non-hydrogen) atoms. The molecule has 0 spiro atoms. The number of piperidine rings is 1. The van der Waals surface area contributed by atoms with Gasteiger partial charge < -0.3 is 15.2 Å². The minimum atomic E-state index is -0.0708. The highest BCUT2D eigenvalue weighted by molar-refractivity contribution is 5.91. The summed E-state index contributed by atoms with van der Waals surface area (Å²) in [5.41, 5.74) is 1.72. The number of amides is 3. The molecule has 1 aliphatic rings. The SMILES string of the molecule is CC(C)CNC(=O)N1CCCC(CC(=O)Nc2nc3ccccc3[nH]2)C1. The maximum absolute atomic E-state index is 12.4. The number of urea groups is 1. The maximum atomic E-state index is 12.4. The first-order valence-corrected chi connectivity index (χ1v) is 9.28. The van der Waals surface area contributed by atoms with Crippen LogP contribution in [0.15, 0.2) is 24.3 Å². The van der Waals surface area contributed by atoms with Crippen LogP contribution in [0.25, 0.3) is 11.0 Å². The Morgan fingerprint density at radius 1 is 1.35 bits per heavy atom. The van der Waals surface area contributed by atoms with E-state index in [-0.39, 0.29) is 17.9 Å². The molecule has 1 aromatic heterocycles. The van der Waals surface area contributed by atoms with E-state index < -0.39 is 0 Å². The number of benzene rings is 1. The third kappa shape index (κ3) is 4.74. The normalized spacial score (nSPS) is 17.5. The van der Waals surface area contributed by atoms with Crippen molar-refractivity contribution >= 4 is 28.9 Å². The molecule has 0 bridgehead atoms. The number of imidazole rings is 1. The summed E-state index contributed by atoms with van der Waals surface area (Å²) in [5.74, 6) is 1.00. The van der Waals surface area contributed by atoms with E-state index in [4.69, 9.17) is 0 Å². The molecular weight excluding hydrogens is 330 g/mol. The minimum Gasteiger partial charge on any atom is -0.338 e. The van der Waals surface area contributed by atoms with Crippen molar-refractivity contribution in [2.45, 2.75) is 33.1 Å². The topological polar surface area (TPSA) is 90.1 Å². The molecule has 3 amide bonds. The Kier molecular flexibility index (Phi) is 5.75. The van der Waals surface area contributed by atoms with Crippen molar-refractivity contribution in [1.82, 2.24) is 20.2 Å². The monoisotopic (exact) mass is 357 g/mol. The van der Waals surface area contributed by atoms with Crippen molar-refractivity contribution < 1.29 is 9.59 Å². The fourth-order valence-electron chi connectivity index (χ4n) is 3.28. The van der Waals surface area contributed by atoms with Crippen LogP contribution in [0.2, 0.25) is 0 Å². The largest absolute Gasteiger partial charge is 0.338 e. The molecule has 3 N–H and O–H groups in total. The number of para-hydroxylation sites is 2. The van der Waals surface area contributed by atoms with Gasteiger partial charge in [0.05, 0.1) is 11.0 Å². The smallest absolute Gasteiger partial charge is 0.317 e. The molecule has 0 radical (unpaired) electrons. The molecule has 3 rings (SSSR count). The summed E-state index contributed by atoms with van der Waals surface area (Å²) >= 11 is 0. The number of aromatic amines is 1. The summed E-state index contributed by atoms with van der Waals surface area (Å²) < 4.78 is 0. The Hall–Kier alpha value is -2.57. The van der Waals surface area contributed by atoms with Crippen molar-refractivity contribution in [3.8, 4) is 0 Å². The average Bonchev–Trinajstić information content (AvgIpc) is 3.01. The van der Waals surface area contributed by atoms with Gasteiger partial charge in [-0.15, -0.1) is 0 Å². The van der Waals surface area contributed by atoms with E-state index in [0.717, 1.165) is 30.4 Å². The first kappa shape index (κ1) is 18.2. The van der Waals surface area contributed by atoms with E-state index >= 15 is 0 Å². The number of aromatic nitrogens is 2. The van der Waals surface area contributed by atoms with Gasteiger partial charge >= 0.3 is 6.03 Å². The second kappa shape index (κ2) is 8.21. The van der Waals surface area contributed by atoms with Gasteiger partial charge in [0.1, 0.15) is 0 Å². The van der Waals surface area contributed by atoms with E-state index in [1.54, 1.807) is 0 Å². The van der Waals surface area contributed by atoms with Gasteiger partial charge in [-0.3, -0.25) is 10.1 Å². The number of fused-ring (bicyclic) bond motifs is 1. The Morgan fingerprint density at radius 2 is 2.15 bits per heavy atom. The molecule has 1 saturated heterocycles. The summed E-state index contributed by atoms with van der Waals surface area (Å²) in [6, 6.07) is 7.63. The molecule has 1 aliphatic heterocycles. The van der Waals surface area contributed by atoms with Crippen molar-refractivity contribution in [2.75, 3.05) is 25.0 Å². The number of carbonyl (C=O) groups is 2. The predicted octanol–water partition coefficient (Wildman–Crippen LogP) is 2.97. The van der Waals surface area contributed by atoms with Gasteiger partial charge in [0, 0.05) is 26.1 Å². The second-order valence-corrected chi connectivity index (χ2v) is 7.39. The molecule has 7 heteroatoms. The third-order valence-electron chi connectivity index (χ3n) is 4.59. The van der Waals surface area contributed by atoms with Gasteiger partial charge in [-0.1, -0.05) is 26.0 Å². The van der Waals surface area contributed by atoms with Crippen LogP contribution in [0, 0.1) is 11.8 Å². The molecule has 1 unspecified atom stereocenters. The number of H-pyrrole nitrogens is 1. The predicted molar refractivity (Wildman–Crippen MR) is 102 cm³/mol. The van der Waals surface area contributed by atoms with Crippen LogP contribution in [-0.4, -0.2) is 46.4 Å². The van der Waals surface area contributed by atoms with Gasteiger partial charge in [-0.05, 0) is 36.8 Å². The molecular formula is C19H27N5O2. The minimum absolute atomic E-state index is 0.0268. The molecule has 1 atom stereocenters. The van der Waals surface area contributed by atoms with Gasteiger partial charge in [-0.2, -0.15) is 0 Å². The van der Waals surface area contributed by atoms with Crippen LogP contribution in [0.4, 0.5) is 10.7 Å². The van der Waals surface area contributed by atoms with E-state index in [2.05, 4.69) is 34.4 Å². The van der Waals surface area contributed by atoms with Crippen LogP contribution >= 0.6 is 0 Å². The van der Waals surface area contributed by atoms with Crippen molar-refractivity contribution in [2.24, 2.45) is 11.8 Å². The number of carbonyl (C=O) groups excluding carboxylic acids is 2. The number of likely N-dealkylation sites (tertiary alicyclic amines) is 1. The van der Waals surface area contributed by atoms with Crippen molar-refractivity contribution in [3.63, 3.8) is 0 Å². The van der Waals surface area contributed by atoms with Crippen LogP contribution in [-0.2, 0) is 4.79 Å². The van der Waals surface area contributed by atoms with Gasteiger partial charge in [0.2, 0.25) is 11.9 Å². The molecule has 7 nitrogen and oxygen atoms in total. The summed E-state index contributed by atoms with van der Waals surface area (Å²) in [6.45, 7) is 6.19. The Bertz CT molecular complexity index is 737. The lowest BCUT2D eigenvalue weighted by molar-refractivity contribution is -0.117. The number of nitrogens with zero attached hydrogens (tertiary/aromatic N) is 2. The zero-order chi connectivity index (χ0) is 18.5. The highest BCUT2D eigenvalue weighted by Gasteiger charge is 2.25. The Morgan fingerprint density at radius 3 is 2.92 bits per heavy atom. The first-order chi connectivity index (χ1) is 12.5. The lowest BCUT2D eigenvalue weighted by Gasteiger charge is -2.32. The van der Waals surface area contributed by atoms with Crippen molar-refractivity contribution in [3.05, 3.63) is 24.3 Å². The fraction of sp³-hybridized carbons (Fsp3) is 0.526. The zero-order valence-corrected chi connectivity index (χ0v) is 15.4. The van der Waals surface area contributed by atoms with E-state index in [9.17, 15) is 9.59 Å². The lowest BCUT2D eigenvalue weighted by Crippen LogP contribution is -2.46. The van der Waals surface area contributed by atoms with E-state index in [0.29, 0.717) is 31.4 Å². The average molecular weight is 357 g/mol. The highest BCUT2D eigenvalue weighted by atomic mass is 16.2. The Labute approximate surface area is 153 Å². The summed E-state index contributed by atoms with van der Waals surface area (Å²) in [4.78, 5) is 33.9. The van der Waals surface area contributed by atoms with Crippen LogP contribution < -0.4 is 10.6 Å². The first-order valence-electron chi connectivity index (χ1n) is 9.28. The lowest BCUT2D eigenvalue weighted by atomic mass is 9.94. The molecule has 1 aromatic carbocycles. The highest BCUT2D eigenvalue weighted by Crippen LogP contribution is 2.21. The molecule has 2 aromatic rings. The van der Waals surface area contributed by atoms with Crippen LogP contribution in [0.1, 0.15) is 33.1 Å². The standard InChI is InChI=1S/C19H27N5O2/c1-13(2)11-20-19(26)24-9-5-6-14(12-24)10-17(25)23-18-21-15-7-3-4-8-16(15)22-18/h3-4,7-8,13-14H,5-6,9-12H2,1-2H3,(H,20,26)(H2,21,22,23,25). The number of hydrogen-bond donors (Lipinski definition) is 3. The maximum Gasteiger partial charge on any atom is 0.317 e. The number of hydrogen-bond acceptors (Lipinski definition) is 3. The molecule has 0 aliphatic carbocycles. The van der Waals surface area contributed by atoms with Crippen LogP contribution in [0.5, 0.6) is 0 Å². The second-order valence-electron chi connectivity index (χ2n) is 7.39. The van der Waals surface area contributed by atoms with Crippen molar-refractivity contribution in [1.29, 1.82) is 0 Å².